The molecule has 0 bridgehead atoms. The molecule has 0 saturated heterocycles. The first kappa shape index (κ1) is 17.4. The van der Waals surface area contributed by atoms with Gasteiger partial charge in [-0.3, -0.25) is 14.2 Å². The van der Waals surface area contributed by atoms with Gasteiger partial charge in [0.1, 0.15) is 6.54 Å². The second-order valence-electron chi connectivity index (χ2n) is 6.05. The highest BCUT2D eigenvalue weighted by Gasteiger charge is 2.10. The molecule has 0 atom stereocenters. The van der Waals surface area contributed by atoms with E-state index >= 15 is 0 Å². The van der Waals surface area contributed by atoms with E-state index in [1.54, 1.807) is 10.9 Å². The largest absolute Gasteiger partial charge is 0.324 e. The van der Waals surface area contributed by atoms with Crippen molar-refractivity contribution in [3.05, 3.63) is 63.6 Å². The van der Waals surface area contributed by atoms with Crippen LogP contribution in [0.15, 0.2) is 41.0 Å². The third-order valence-electron chi connectivity index (χ3n) is 3.92. The number of nitrogens with one attached hydrogen (secondary N) is 1. The number of hydrogen-bond acceptors (Lipinski definition) is 3. The summed E-state index contributed by atoms with van der Waals surface area (Å²) in [6.45, 7) is 6.75. The van der Waals surface area contributed by atoms with Crippen LogP contribution in [0.4, 0.5) is 5.69 Å². The summed E-state index contributed by atoms with van der Waals surface area (Å²) in [4.78, 5) is 12.2. The number of carbonyl (C=O) groups excluding carboxylic acids is 1. The zero-order valence-electron chi connectivity index (χ0n) is 14.5. The van der Waals surface area contributed by atoms with Gasteiger partial charge in [-0.2, -0.15) is 10.2 Å². The Kier molecular flexibility index (Phi) is 5.03. The van der Waals surface area contributed by atoms with Gasteiger partial charge in [-0.1, -0.05) is 12.1 Å². The van der Waals surface area contributed by atoms with Crippen LogP contribution in [0.25, 0.3) is 0 Å². The summed E-state index contributed by atoms with van der Waals surface area (Å²) in [6.07, 6.45) is 1.80. The molecule has 1 N–H and O–H groups in total. The molecule has 25 heavy (non-hydrogen) atoms. The topological polar surface area (TPSA) is 64.7 Å². The van der Waals surface area contributed by atoms with Gasteiger partial charge in [-0.25, -0.2) is 0 Å². The minimum absolute atomic E-state index is 0.103. The smallest absolute Gasteiger partial charge is 0.246 e. The number of halogens is 1. The maximum atomic E-state index is 12.2. The second kappa shape index (κ2) is 7.23. The standard InChI is InChI=1S/C18H20BrN5O/c1-12-7-8-23(21-12)11-17(25)20-16-6-4-5-15(9-16)10-24-14(3)18(19)13(2)22-24/h4-9H,10-11H2,1-3H3,(H,20,25). The van der Waals surface area contributed by atoms with Crippen LogP contribution in [0, 0.1) is 20.8 Å². The van der Waals surface area contributed by atoms with Crippen molar-refractivity contribution in [2.45, 2.75) is 33.9 Å². The fourth-order valence-corrected chi connectivity index (χ4v) is 2.93. The van der Waals surface area contributed by atoms with E-state index in [1.807, 2.05) is 55.8 Å². The Morgan fingerprint density at radius 2 is 2.00 bits per heavy atom. The molecular formula is C18H20BrN5O. The lowest BCUT2D eigenvalue weighted by Gasteiger charge is -2.09. The Hall–Kier alpha value is -2.41. The molecule has 0 radical (unpaired) electrons. The molecule has 0 saturated carbocycles. The summed E-state index contributed by atoms with van der Waals surface area (Å²) < 4.78 is 4.61. The first-order valence-electron chi connectivity index (χ1n) is 8.01. The third kappa shape index (κ3) is 4.17. The summed E-state index contributed by atoms with van der Waals surface area (Å²) in [7, 11) is 0. The van der Waals surface area contributed by atoms with Gasteiger partial charge in [-0.05, 0) is 60.5 Å². The van der Waals surface area contributed by atoms with Crippen LogP contribution < -0.4 is 5.32 Å². The van der Waals surface area contributed by atoms with Crippen molar-refractivity contribution in [2.75, 3.05) is 5.32 Å². The minimum Gasteiger partial charge on any atom is -0.324 e. The van der Waals surface area contributed by atoms with Crippen molar-refractivity contribution in [3.8, 4) is 0 Å². The molecule has 0 fully saturated rings. The number of hydrogen-bond donors (Lipinski definition) is 1. The highest BCUT2D eigenvalue weighted by Crippen LogP contribution is 2.21. The fourth-order valence-electron chi connectivity index (χ4n) is 2.65. The summed E-state index contributed by atoms with van der Waals surface area (Å²) in [6, 6.07) is 9.69. The van der Waals surface area contributed by atoms with E-state index in [0.717, 1.165) is 32.8 Å². The van der Waals surface area contributed by atoms with Crippen LogP contribution in [0.1, 0.15) is 22.6 Å². The minimum atomic E-state index is -0.103. The number of benzene rings is 1. The summed E-state index contributed by atoms with van der Waals surface area (Å²) >= 11 is 3.55. The van der Waals surface area contributed by atoms with Crippen LogP contribution in [-0.2, 0) is 17.9 Å². The molecule has 0 spiro atoms. The lowest BCUT2D eigenvalue weighted by atomic mass is 10.2. The average molecular weight is 402 g/mol. The van der Waals surface area contributed by atoms with E-state index in [1.165, 1.54) is 0 Å². The number of amides is 1. The molecular weight excluding hydrogens is 382 g/mol. The molecule has 0 aliphatic carbocycles. The Balaban J connectivity index is 1.68. The van der Waals surface area contributed by atoms with Crippen LogP contribution >= 0.6 is 15.9 Å². The summed E-state index contributed by atoms with van der Waals surface area (Å²) in [5, 5.41) is 11.7. The molecule has 7 heteroatoms. The van der Waals surface area contributed by atoms with Crippen molar-refractivity contribution < 1.29 is 4.79 Å². The summed E-state index contributed by atoms with van der Waals surface area (Å²) in [5.41, 5.74) is 4.79. The lowest BCUT2D eigenvalue weighted by Crippen LogP contribution is -2.19. The van der Waals surface area contributed by atoms with Crippen LogP contribution in [0.2, 0.25) is 0 Å². The fraction of sp³-hybridized carbons (Fsp3) is 0.278. The zero-order valence-corrected chi connectivity index (χ0v) is 16.0. The van der Waals surface area contributed by atoms with Crippen LogP contribution in [-0.4, -0.2) is 25.5 Å². The molecule has 3 aromatic rings. The highest BCUT2D eigenvalue weighted by atomic mass is 79.9. The van der Waals surface area contributed by atoms with Crippen LogP contribution in [0.5, 0.6) is 0 Å². The Morgan fingerprint density at radius 3 is 2.64 bits per heavy atom. The van der Waals surface area contributed by atoms with E-state index in [4.69, 9.17) is 0 Å². The third-order valence-corrected chi connectivity index (χ3v) is 5.06. The number of rotatable bonds is 5. The van der Waals surface area contributed by atoms with Crippen molar-refractivity contribution in [2.24, 2.45) is 0 Å². The van der Waals surface area contributed by atoms with Crippen LogP contribution in [0.3, 0.4) is 0 Å². The Bertz CT molecular complexity index is 912. The molecule has 3 rings (SSSR count). The quantitative estimate of drug-likeness (QED) is 0.711. The predicted octanol–water partition coefficient (Wildman–Crippen LogP) is 3.45. The molecule has 1 amide bonds. The SMILES string of the molecule is Cc1ccn(CC(=O)Nc2cccc(Cn3nc(C)c(Br)c3C)c2)n1. The Morgan fingerprint density at radius 1 is 1.20 bits per heavy atom. The molecule has 0 unspecified atom stereocenters. The van der Waals surface area contributed by atoms with Gasteiger partial charge < -0.3 is 5.32 Å². The zero-order chi connectivity index (χ0) is 18.0. The average Bonchev–Trinajstić information content (AvgIpc) is 3.06. The number of aryl methyl sites for hydroxylation is 2. The lowest BCUT2D eigenvalue weighted by molar-refractivity contribution is -0.116. The van der Waals surface area contributed by atoms with Gasteiger partial charge in [0.2, 0.25) is 5.91 Å². The molecule has 1 aromatic carbocycles. The second-order valence-corrected chi connectivity index (χ2v) is 6.84. The maximum Gasteiger partial charge on any atom is 0.246 e. The van der Waals surface area contributed by atoms with Gasteiger partial charge in [-0.15, -0.1) is 0 Å². The van der Waals surface area contributed by atoms with Gasteiger partial charge in [0.15, 0.2) is 0 Å². The van der Waals surface area contributed by atoms with E-state index in [9.17, 15) is 4.79 Å². The van der Waals surface area contributed by atoms with Gasteiger partial charge >= 0.3 is 0 Å². The number of carbonyl (C=O) groups is 1. The van der Waals surface area contributed by atoms with E-state index in [0.29, 0.717) is 6.54 Å². The first-order chi connectivity index (χ1) is 11.9. The van der Waals surface area contributed by atoms with E-state index < -0.39 is 0 Å². The number of anilines is 1. The predicted molar refractivity (Wildman–Crippen MR) is 101 cm³/mol. The monoisotopic (exact) mass is 401 g/mol. The van der Waals surface area contributed by atoms with Gasteiger partial charge in [0.25, 0.3) is 0 Å². The number of nitrogens with zero attached hydrogens (tertiary/aromatic N) is 4. The molecule has 0 aliphatic rings. The normalized spacial score (nSPS) is 10.9. The van der Waals surface area contributed by atoms with Crippen molar-refractivity contribution in [3.63, 3.8) is 0 Å². The molecule has 0 aliphatic heterocycles. The van der Waals surface area contributed by atoms with Crippen molar-refractivity contribution in [1.82, 2.24) is 19.6 Å². The Labute approximate surface area is 155 Å². The first-order valence-corrected chi connectivity index (χ1v) is 8.80. The number of aromatic nitrogens is 4. The summed E-state index contributed by atoms with van der Waals surface area (Å²) in [5.74, 6) is -0.103. The van der Waals surface area contributed by atoms with E-state index in [2.05, 4.69) is 31.4 Å². The molecule has 6 nitrogen and oxygen atoms in total. The van der Waals surface area contributed by atoms with Crippen molar-refractivity contribution in [1.29, 1.82) is 0 Å². The molecule has 130 valence electrons. The van der Waals surface area contributed by atoms with Gasteiger partial charge in [0, 0.05) is 11.9 Å². The highest BCUT2D eigenvalue weighted by molar-refractivity contribution is 9.10. The molecule has 2 heterocycles. The van der Waals surface area contributed by atoms with Crippen molar-refractivity contribution >= 4 is 27.5 Å². The molecule has 2 aromatic heterocycles. The van der Waals surface area contributed by atoms with Gasteiger partial charge in [0.05, 0.1) is 28.1 Å². The maximum absolute atomic E-state index is 12.2. The van der Waals surface area contributed by atoms with E-state index in [-0.39, 0.29) is 12.5 Å².